The van der Waals surface area contributed by atoms with E-state index in [4.69, 9.17) is 5.73 Å². The van der Waals surface area contributed by atoms with Crippen LogP contribution >= 0.6 is 0 Å². The molecule has 0 aliphatic carbocycles. The van der Waals surface area contributed by atoms with Gasteiger partial charge in [0.05, 0.1) is 5.56 Å². The molecule has 0 unspecified atom stereocenters. The van der Waals surface area contributed by atoms with E-state index in [2.05, 4.69) is 0 Å². The number of hydrogen-bond donors (Lipinski definition) is 1. The Hall–Kier alpha value is -2.09. The number of alkyl halides is 3. The summed E-state index contributed by atoms with van der Waals surface area (Å²) in [6.07, 6.45) is -3.40. The second kappa shape index (κ2) is 7.65. The summed E-state index contributed by atoms with van der Waals surface area (Å²) in [4.78, 5) is 27.5. The Kier molecular flexibility index (Phi) is 5.82. The molecule has 1 aromatic carbocycles. The molecule has 1 aliphatic heterocycles. The van der Waals surface area contributed by atoms with Crippen LogP contribution in [-0.4, -0.2) is 54.3 Å². The van der Waals surface area contributed by atoms with E-state index >= 15 is 0 Å². The topological polar surface area (TPSA) is 66.6 Å². The zero-order valence-electron chi connectivity index (χ0n) is 13.2. The molecule has 1 heterocycles. The molecule has 24 heavy (non-hydrogen) atoms. The van der Waals surface area contributed by atoms with Gasteiger partial charge in [0, 0.05) is 38.2 Å². The van der Waals surface area contributed by atoms with E-state index in [9.17, 15) is 22.8 Å². The van der Waals surface area contributed by atoms with Crippen LogP contribution in [-0.2, 0) is 11.0 Å². The molecule has 1 aliphatic rings. The van der Waals surface area contributed by atoms with Gasteiger partial charge in [-0.15, -0.1) is 0 Å². The van der Waals surface area contributed by atoms with Gasteiger partial charge in [-0.1, -0.05) is 0 Å². The monoisotopic (exact) mass is 343 g/mol. The van der Waals surface area contributed by atoms with Gasteiger partial charge in [0.15, 0.2) is 0 Å². The summed E-state index contributed by atoms with van der Waals surface area (Å²) in [5.41, 5.74) is 4.81. The van der Waals surface area contributed by atoms with Crippen molar-refractivity contribution in [2.24, 2.45) is 5.73 Å². The fourth-order valence-electron chi connectivity index (χ4n) is 2.55. The highest BCUT2D eigenvalue weighted by Crippen LogP contribution is 2.29. The number of carbonyl (C=O) groups is 2. The minimum atomic E-state index is -4.42. The first-order valence-corrected chi connectivity index (χ1v) is 7.77. The zero-order valence-corrected chi connectivity index (χ0v) is 13.2. The van der Waals surface area contributed by atoms with Crippen molar-refractivity contribution in [1.82, 2.24) is 9.80 Å². The lowest BCUT2D eigenvalue weighted by Gasteiger charge is -2.35. The van der Waals surface area contributed by atoms with Gasteiger partial charge in [0.2, 0.25) is 5.91 Å². The molecule has 0 bridgehead atoms. The van der Waals surface area contributed by atoms with E-state index in [1.165, 1.54) is 12.1 Å². The van der Waals surface area contributed by atoms with E-state index < -0.39 is 11.7 Å². The summed E-state index contributed by atoms with van der Waals surface area (Å²) in [7, 11) is 0. The smallest absolute Gasteiger partial charge is 0.339 e. The van der Waals surface area contributed by atoms with Crippen molar-refractivity contribution in [1.29, 1.82) is 0 Å². The fourth-order valence-corrected chi connectivity index (χ4v) is 2.55. The standard InChI is InChI=1S/C16H20F3N3O2/c17-16(18,19)13-5-3-12(4-6-13)15(24)22-10-8-21(9-11-22)14(23)2-1-7-20/h3-6H,1-2,7-11,20H2. The average Bonchev–Trinajstić information content (AvgIpc) is 2.58. The summed E-state index contributed by atoms with van der Waals surface area (Å²) in [5, 5.41) is 0. The van der Waals surface area contributed by atoms with E-state index in [-0.39, 0.29) is 17.4 Å². The molecule has 0 saturated carbocycles. The second-order valence-electron chi connectivity index (χ2n) is 5.64. The third kappa shape index (κ3) is 4.47. The Morgan fingerprint density at radius 1 is 1.00 bits per heavy atom. The van der Waals surface area contributed by atoms with Crippen molar-refractivity contribution < 1.29 is 22.8 Å². The Balaban J connectivity index is 1.92. The highest BCUT2D eigenvalue weighted by molar-refractivity contribution is 5.94. The number of piperazine rings is 1. The summed E-state index contributed by atoms with van der Waals surface area (Å²) < 4.78 is 37.6. The van der Waals surface area contributed by atoms with Crippen molar-refractivity contribution >= 4 is 11.8 Å². The number of carbonyl (C=O) groups excluding carboxylic acids is 2. The van der Waals surface area contributed by atoms with E-state index in [0.717, 1.165) is 12.1 Å². The molecule has 0 spiro atoms. The van der Waals surface area contributed by atoms with Crippen LogP contribution in [0.2, 0.25) is 0 Å². The van der Waals surface area contributed by atoms with Gasteiger partial charge < -0.3 is 15.5 Å². The molecule has 1 aromatic rings. The Morgan fingerprint density at radius 3 is 2.04 bits per heavy atom. The molecule has 1 saturated heterocycles. The third-order valence-electron chi connectivity index (χ3n) is 3.97. The van der Waals surface area contributed by atoms with Gasteiger partial charge in [-0.2, -0.15) is 13.2 Å². The number of nitrogens with zero attached hydrogens (tertiary/aromatic N) is 2. The lowest BCUT2D eigenvalue weighted by Crippen LogP contribution is -2.50. The predicted molar refractivity (Wildman–Crippen MR) is 82.2 cm³/mol. The van der Waals surface area contributed by atoms with Crippen molar-refractivity contribution in [3.8, 4) is 0 Å². The van der Waals surface area contributed by atoms with Crippen molar-refractivity contribution in [3.05, 3.63) is 35.4 Å². The number of benzene rings is 1. The van der Waals surface area contributed by atoms with Gasteiger partial charge in [-0.3, -0.25) is 9.59 Å². The van der Waals surface area contributed by atoms with Crippen LogP contribution in [0, 0.1) is 0 Å². The van der Waals surface area contributed by atoms with Gasteiger partial charge in [0.25, 0.3) is 5.91 Å². The van der Waals surface area contributed by atoms with Crippen LogP contribution in [0.1, 0.15) is 28.8 Å². The molecular formula is C16H20F3N3O2. The van der Waals surface area contributed by atoms with Crippen LogP contribution < -0.4 is 5.73 Å². The molecule has 0 radical (unpaired) electrons. The van der Waals surface area contributed by atoms with Crippen LogP contribution in [0.5, 0.6) is 0 Å². The summed E-state index contributed by atoms with van der Waals surface area (Å²) in [5.74, 6) is -0.306. The summed E-state index contributed by atoms with van der Waals surface area (Å²) in [6, 6.07) is 4.17. The second-order valence-corrected chi connectivity index (χ2v) is 5.64. The molecule has 2 amide bonds. The van der Waals surface area contributed by atoms with Crippen molar-refractivity contribution in [2.45, 2.75) is 19.0 Å². The zero-order chi connectivity index (χ0) is 17.7. The molecule has 2 rings (SSSR count). The number of rotatable bonds is 4. The molecule has 1 fully saturated rings. The van der Waals surface area contributed by atoms with Gasteiger partial charge in [-0.25, -0.2) is 0 Å². The molecule has 0 aromatic heterocycles. The minimum Gasteiger partial charge on any atom is -0.339 e. The summed E-state index contributed by atoms with van der Waals surface area (Å²) >= 11 is 0. The number of halogens is 3. The highest BCUT2D eigenvalue weighted by atomic mass is 19.4. The Labute approximate surface area is 138 Å². The van der Waals surface area contributed by atoms with Crippen molar-refractivity contribution in [2.75, 3.05) is 32.7 Å². The van der Waals surface area contributed by atoms with E-state index in [0.29, 0.717) is 45.6 Å². The summed E-state index contributed by atoms with van der Waals surface area (Å²) in [6.45, 7) is 2.05. The minimum absolute atomic E-state index is 0.0158. The van der Waals surface area contributed by atoms with Crippen LogP contribution in [0.25, 0.3) is 0 Å². The highest BCUT2D eigenvalue weighted by Gasteiger charge is 2.31. The largest absolute Gasteiger partial charge is 0.416 e. The molecule has 5 nitrogen and oxygen atoms in total. The average molecular weight is 343 g/mol. The molecule has 0 atom stereocenters. The Bertz CT molecular complexity index is 579. The maximum atomic E-state index is 12.5. The normalized spacial score (nSPS) is 15.5. The quantitative estimate of drug-likeness (QED) is 0.905. The van der Waals surface area contributed by atoms with Crippen molar-refractivity contribution in [3.63, 3.8) is 0 Å². The first-order valence-electron chi connectivity index (χ1n) is 7.77. The van der Waals surface area contributed by atoms with Gasteiger partial charge >= 0.3 is 6.18 Å². The number of nitrogens with two attached hydrogens (primary N) is 1. The molecular weight excluding hydrogens is 323 g/mol. The first kappa shape index (κ1) is 18.3. The maximum Gasteiger partial charge on any atom is 0.416 e. The maximum absolute atomic E-state index is 12.5. The lowest BCUT2D eigenvalue weighted by molar-refractivity contribution is -0.137. The molecule has 132 valence electrons. The lowest BCUT2D eigenvalue weighted by atomic mass is 10.1. The van der Waals surface area contributed by atoms with Gasteiger partial charge in [-0.05, 0) is 37.2 Å². The third-order valence-corrected chi connectivity index (χ3v) is 3.97. The van der Waals surface area contributed by atoms with E-state index in [1.807, 2.05) is 0 Å². The molecule has 8 heteroatoms. The van der Waals surface area contributed by atoms with Gasteiger partial charge in [0.1, 0.15) is 0 Å². The molecule has 2 N–H and O–H groups in total. The van der Waals surface area contributed by atoms with Crippen LogP contribution in [0.15, 0.2) is 24.3 Å². The first-order chi connectivity index (χ1) is 11.3. The fraction of sp³-hybridized carbons (Fsp3) is 0.500. The van der Waals surface area contributed by atoms with Crippen LogP contribution in [0.4, 0.5) is 13.2 Å². The SMILES string of the molecule is NCCCC(=O)N1CCN(C(=O)c2ccc(C(F)(F)F)cc2)CC1. The predicted octanol–water partition coefficient (Wildman–Crippen LogP) is 1.73. The number of hydrogen-bond acceptors (Lipinski definition) is 3. The van der Waals surface area contributed by atoms with E-state index in [1.54, 1.807) is 9.80 Å². The van der Waals surface area contributed by atoms with Crippen LogP contribution in [0.3, 0.4) is 0 Å². The Morgan fingerprint density at radius 2 is 1.54 bits per heavy atom. The number of amides is 2.